The predicted molar refractivity (Wildman–Crippen MR) is 77.6 cm³/mol. The molecule has 94 valence electrons. The number of carboxylic acids is 1. The minimum Gasteiger partial charge on any atom is -0.478 e. The van der Waals surface area contributed by atoms with E-state index in [0.717, 1.165) is 26.0 Å². The third-order valence-corrected chi connectivity index (χ3v) is 3.97. The fourth-order valence-corrected chi connectivity index (χ4v) is 2.78. The van der Waals surface area contributed by atoms with Crippen LogP contribution in [0.3, 0.4) is 0 Å². The lowest BCUT2D eigenvalue weighted by molar-refractivity contribution is 0.0696. The van der Waals surface area contributed by atoms with Gasteiger partial charge >= 0.3 is 5.97 Å². The van der Waals surface area contributed by atoms with Gasteiger partial charge in [-0.25, -0.2) is 4.79 Å². The number of nitrogens with zero attached hydrogens (tertiary/aromatic N) is 1. The van der Waals surface area contributed by atoms with Gasteiger partial charge in [-0.1, -0.05) is 15.9 Å². The average Bonchev–Trinajstić information content (AvgIpc) is 2.58. The number of aromatic nitrogens is 1. The van der Waals surface area contributed by atoms with Gasteiger partial charge in [0.1, 0.15) is 0 Å². The molecule has 2 aromatic rings. The van der Waals surface area contributed by atoms with Crippen LogP contribution < -0.4 is 0 Å². The van der Waals surface area contributed by atoms with Crippen LogP contribution in [0.2, 0.25) is 0 Å². The fourth-order valence-electron chi connectivity index (χ4n) is 2.01. The van der Waals surface area contributed by atoms with E-state index in [2.05, 4.69) is 31.9 Å². The zero-order chi connectivity index (χ0) is 13.4. The zero-order valence-corrected chi connectivity index (χ0v) is 13.0. The molecule has 0 saturated carbocycles. The minimum atomic E-state index is -0.902. The minimum absolute atomic E-state index is 0.333. The molecule has 0 aliphatic heterocycles. The van der Waals surface area contributed by atoms with Gasteiger partial charge in [-0.15, -0.1) is 0 Å². The van der Waals surface area contributed by atoms with Crippen LogP contribution in [0.1, 0.15) is 21.7 Å². The molecule has 0 bridgehead atoms. The largest absolute Gasteiger partial charge is 0.478 e. The van der Waals surface area contributed by atoms with E-state index in [-0.39, 0.29) is 0 Å². The van der Waals surface area contributed by atoms with Crippen LogP contribution in [0.25, 0.3) is 5.69 Å². The number of hydrogen-bond donors (Lipinski definition) is 1. The number of carboxylic acid groups (broad SMARTS) is 1. The third kappa shape index (κ3) is 2.24. The van der Waals surface area contributed by atoms with Gasteiger partial charge in [0, 0.05) is 20.3 Å². The Kier molecular flexibility index (Phi) is 3.64. The molecule has 1 heterocycles. The molecule has 0 radical (unpaired) electrons. The number of aryl methyl sites for hydroxylation is 1. The van der Waals surface area contributed by atoms with Crippen LogP contribution in [0, 0.1) is 13.8 Å². The predicted octanol–water partition coefficient (Wildman–Crippen LogP) is 4.32. The molecule has 0 saturated heterocycles. The standard InChI is InChI=1S/C13H11Br2NO2/c1-7-5-10(13(17)18)8(2)16(7)12-6-9(14)3-4-11(12)15/h3-6H,1-2H3,(H,17,18). The summed E-state index contributed by atoms with van der Waals surface area (Å²) in [6.45, 7) is 3.70. The summed E-state index contributed by atoms with van der Waals surface area (Å²) in [5, 5.41) is 9.14. The van der Waals surface area contributed by atoms with Crippen LogP contribution >= 0.6 is 31.9 Å². The van der Waals surface area contributed by atoms with Gasteiger partial charge in [0.25, 0.3) is 0 Å². The Morgan fingerprint density at radius 2 is 1.89 bits per heavy atom. The highest BCUT2D eigenvalue weighted by Gasteiger charge is 2.17. The Hall–Kier alpha value is -1.07. The summed E-state index contributed by atoms with van der Waals surface area (Å²) < 4.78 is 3.80. The van der Waals surface area contributed by atoms with Crippen LogP contribution in [0.15, 0.2) is 33.2 Å². The maximum absolute atomic E-state index is 11.1. The number of rotatable bonds is 2. The molecule has 0 aliphatic rings. The second-order valence-corrected chi connectivity index (χ2v) is 5.79. The summed E-state index contributed by atoms with van der Waals surface area (Å²) in [5.74, 6) is -0.902. The Morgan fingerprint density at radius 1 is 1.22 bits per heavy atom. The van der Waals surface area contributed by atoms with E-state index in [1.165, 1.54) is 0 Å². The summed E-state index contributed by atoms with van der Waals surface area (Å²) in [4.78, 5) is 11.1. The molecule has 1 N–H and O–H groups in total. The first-order chi connectivity index (χ1) is 8.41. The number of halogens is 2. The molecule has 0 amide bonds. The van der Waals surface area contributed by atoms with Gasteiger partial charge in [0.15, 0.2) is 0 Å². The lowest BCUT2D eigenvalue weighted by Gasteiger charge is -2.12. The first-order valence-electron chi connectivity index (χ1n) is 5.29. The molecule has 2 rings (SSSR count). The van der Waals surface area contributed by atoms with E-state index in [1.54, 1.807) is 6.07 Å². The molecule has 5 heteroatoms. The lowest BCUT2D eigenvalue weighted by atomic mass is 10.2. The number of benzene rings is 1. The molecule has 3 nitrogen and oxygen atoms in total. The van der Waals surface area contributed by atoms with Crippen molar-refractivity contribution < 1.29 is 9.90 Å². The highest BCUT2D eigenvalue weighted by atomic mass is 79.9. The number of aromatic carboxylic acids is 1. The Labute approximate surface area is 122 Å². The van der Waals surface area contributed by atoms with E-state index in [9.17, 15) is 4.79 Å². The van der Waals surface area contributed by atoms with E-state index >= 15 is 0 Å². The average molecular weight is 373 g/mol. The van der Waals surface area contributed by atoms with Crippen molar-refractivity contribution in [3.05, 3.63) is 50.2 Å². The quantitative estimate of drug-likeness (QED) is 0.852. The smallest absolute Gasteiger partial charge is 0.337 e. The first-order valence-corrected chi connectivity index (χ1v) is 6.88. The van der Waals surface area contributed by atoms with Crippen molar-refractivity contribution in [3.63, 3.8) is 0 Å². The number of carbonyl (C=O) groups is 1. The van der Waals surface area contributed by atoms with Crippen LogP contribution in [-0.4, -0.2) is 15.6 Å². The summed E-state index contributed by atoms with van der Waals surface area (Å²) in [7, 11) is 0. The topological polar surface area (TPSA) is 42.2 Å². The molecule has 0 atom stereocenters. The van der Waals surface area contributed by atoms with Gasteiger partial charge < -0.3 is 9.67 Å². The summed E-state index contributed by atoms with van der Waals surface area (Å²) >= 11 is 6.92. The summed E-state index contributed by atoms with van der Waals surface area (Å²) in [6.07, 6.45) is 0. The van der Waals surface area contributed by atoms with Crippen LogP contribution in [0.4, 0.5) is 0 Å². The van der Waals surface area contributed by atoms with Crippen LogP contribution in [0.5, 0.6) is 0 Å². The van der Waals surface area contributed by atoms with Gasteiger partial charge in [0.05, 0.1) is 11.3 Å². The monoisotopic (exact) mass is 371 g/mol. The van der Waals surface area contributed by atoms with Crippen LogP contribution in [-0.2, 0) is 0 Å². The molecule has 0 unspecified atom stereocenters. The van der Waals surface area contributed by atoms with E-state index in [1.807, 2.05) is 36.6 Å². The lowest BCUT2D eigenvalue weighted by Crippen LogP contribution is -2.03. The molecule has 1 aromatic carbocycles. The molecule has 18 heavy (non-hydrogen) atoms. The van der Waals surface area contributed by atoms with Crippen molar-refractivity contribution in [1.29, 1.82) is 0 Å². The van der Waals surface area contributed by atoms with Crippen molar-refractivity contribution in [2.24, 2.45) is 0 Å². The highest BCUT2D eigenvalue weighted by Crippen LogP contribution is 2.29. The third-order valence-electron chi connectivity index (χ3n) is 2.81. The molecular weight excluding hydrogens is 362 g/mol. The Balaban J connectivity index is 2.71. The Morgan fingerprint density at radius 3 is 2.44 bits per heavy atom. The van der Waals surface area contributed by atoms with Crippen molar-refractivity contribution in [2.45, 2.75) is 13.8 Å². The normalized spacial score (nSPS) is 10.7. The molecule has 0 spiro atoms. The fraction of sp³-hybridized carbons (Fsp3) is 0.154. The number of hydrogen-bond acceptors (Lipinski definition) is 1. The van der Waals surface area contributed by atoms with Crippen molar-refractivity contribution in [1.82, 2.24) is 4.57 Å². The first kappa shape index (κ1) is 13.4. The molecular formula is C13H11Br2NO2. The summed E-state index contributed by atoms with van der Waals surface area (Å²) in [5.41, 5.74) is 2.87. The van der Waals surface area contributed by atoms with Crippen molar-refractivity contribution in [2.75, 3.05) is 0 Å². The Bertz CT molecular complexity index is 632. The molecule has 1 aromatic heterocycles. The highest BCUT2D eigenvalue weighted by molar-refractivity contribution is 9.11. The van der Waals surface area contributed by atoms with E-state index in [0.29, 0.717) is 5.56 Å². The van der Waals surface area contributed by atoms with Gasteiger partial charge in [-0.2, -0.15) is 0 Å². The van der Waals surface area contributed by atoms with Crippen molar-refractivity contribution in [3.8, 4) is 5.69 Å². The molecule has 0 fully saturated rings. The zero-order valence-electron chi connectivity index (χ0n) is 9.87. The van der Waals surface area contributed by atoms with E-state index < -0.39 is 5.97 Å². The summed E-state index contributed by atoms with van der Waals surface area (Å²) in [6, 6.07) is 7.50. The SMILES string of the molecule is Cc1cc(C(=O)O)c(C)n1-c1cc(Br)ccc1Br. The molecule has 0 aliphatic carbocycles. The van der Waals surface area contributed by atoms with Crippen molar-refractivity contribution >= 4 is 37.8 Å². The maximum Gasteiger partial charge on any atom is 0.337 e. The second kappa shape index (κ2) is 4.90. The second-order valence-electron chi connectivity index (χ2n) is 4.02. The van der Waals surface area contributed by atoms with Gasteiger partial charge in [-0.3, -0.25) is 0 Å². The van der Waals surface area contributed by atoms with E-state index in [4.69, 9.17) is 5.11 Å². The maximum atomic E-state index is 11.1. The van der Waals surface area contributed by atoms with Gasteiger partial charge in [-0.05, 0) is 54.0 Å². The van der Waals surface area contributed by atoms with Gasteiger partial charge in [0.2, 0.25) is 0 Å².